The molecule has 7 nitrogen and oxygen atoms in total. The summed E-state index contributed by atoms with van der Waals surface area (Å²) in [6.07, 6.45) is 4.47. The molecule has 7 heteroatoms. The van der Waals surface area contributed by atoms with Crippen LogP contribution in [0.25, 0.3) is 6.08 Å². The van der Waals surface area contributed by atoms with E-state index in [1.54, 1.807) is 29.1 Å². The molecular weight excluding hydrogens is 284 g/mol. The van der Waals surface area contributed by atoms with Gasteiger partial charge in [-0.05, 0) is 25.5 Å². The van der Waals surface area contributed by atoms with Gasteiger partial charge in [-0.2, -0.15) is 5.10 Å². The van der Waals surface area contributed by atoms with Crippen LogP contribution >= 0.6 is 0 Å². The third kappa shape index (κ3) is 3.78. The predicted molar refractivity (Wildman–Crippen MR) is 83.4 cm³/mol. The average molecular weight is 300 g/mol. The number of nitro groups is 1. The monoisotopic (exact) mass is 300 g/mol. The Morgan fingerprint density at radius 1 is 1.41 bits per heavy atom. The molecule has 114 valence electrons. The van der Waals surface area contributed by atoms with E-state index < -0.39 is 4.92 Å². The Balaban J connectivity index is 2.07. The van der Waals surface area contributed by atoms with Gasteiger partial charge < -0.3 is 5.32 Å². The van der Waals surface area contributed by atoms with Gasteiger partial charge in [0.2, 0.25) is 5.91 Å². The van der Waals surface area contributed by atoms with E-state index in [0.29, 0.717) is 11.4 Å². The number of carbonyl (C=O) groups is 1. The molecule has 0 saturated heterocycles. The third-order valence-electron chi connectivity index (χ3n) is 2.92. The fourth-order valence-electron chi connectivity index (χ4n) is 1.91. The van der Waals surface area contributed by atoms with Gasteiger partial charge in [-0.15, -0.1) is 0 Å². The molecule has 0 saturated carbocycles. The molecule has 1 heterocycles. The van der Waals surface area contributed by atoms with Gasteiger partial charge in [-0.1, -0.05) is 12.1 Å². The molecule has 0 atom stereocenters. The number of hydrogen-bond donors (Lipinski definition) is 1. The zero-order chi connectivity index (χ0) is 16.1. The normalized spacial score (nSPS) is 11.0. The zero-order valence-electron chi connectivity index (χ0n) is 12.3. The minimum atomic E-state index is -0.474. The first-order valence-corrected chi connectivity index (χ1v) is 6.74. The molecule has 0 aliphatic heterocycles. The van der Waals surface area contributed by atoms with Gasteiger partial charge in [0.1, 0.15) is 5.82 Å². The van der Waals surface area contributed by atoms with Crippen LogP contribution in [-0.2, 0) is 4.79 Å². The molecule has 0 bridgehead atoms. The van der Waals surface area contributed by atoms with Gasteiger partial charge in [0.15, 0.2) is 0 Å². The van der Waals surface area contributed by atoms with Gasteiger partial charge in [-0.3, -0.25) is 14.9 Å². The summed E-state index contributed by atoms with van der Waals surface area (Å²) in [5, 5.41) is 17.5. The number of benzene rings is 1. The van der Waals surface area contributed by atoms with Crippen molar-refractivity contribution in [3.05, 3.63) is 58.3 Å². The molecule has 22 heavy (non-hydrogen) atoms. The summed E-state index contributed by atoms with van der Waals surface area (Å²) in [6.45, 7) is 3.92. The number of aromatic nitrogens is 2. The Labute approximate surface area is 127 Å². The standard InChI is InChI=1S/C15H16N4O3/c1-11(2)18-14(8-9-16-18)17-15(20)7-6-12-4-3-5-13(10-12)19(21)22/h3-11H,1-2H3,(H,17,20). The molecule has 1 N–H and O–H groups in total. The van der Waals surface area contributed by atoms with Crippen LogP contribution in [0.3, 0.4) is 0 Å². The highest BCUT2D eigenvalue weighted by molar-refractivity contribution is 6.01. The maximum atomic E-state index is 11.9. The SMILES string of the molecule is CC(C)n1nccc1NC(=O)C=Cc1cccc([N+](=O)[O-])c1. The maximum absolute atomic E-state index is 11.9. The lowest BCUT2D eigenvalue weighted by molar-refractivity contribution is -0.384. The molecule has 0 aliphatic carbocycles. The number of non-ortho nitro benzene ring substituents is 1. The zero-order valence-corrected chi connectivity index (χ0v) is 12.3. The third-order valence-corrected chi connectivity index (χ3v) is 2.92. The number of nitrogens with one attached hydrogen (secondary N) is 1. The summed E-state index contributed by atoms with van der Waals surface area (Å²) in [5.74, 6) is 0.276. The molecule has 0 radical (unpaired) electrons. The second kappa shape index (κ2) is 6.66. The summed E-state index contributed by atoms with van der Waals surface area (Å²) >= 11 is 0. The quantitative estimate of drug-likeness (QED) is 0.522. The fraction of sp³-hybridized carbons (Fsp3) is 0.200. The number of rotatable bonds is 5. The Morgan fingerprint density at radius 2 is 2.18 bits per heavy atom. The van der Waals surface area contributed by atoms with Crippen molar-refractivity contribution in [2.45, 2.75) is 19.9 Å². The molecular formula is C15H16N4O3. The fourth-order valence-corrected chi connectivity index (χ4v) is 1.91. The van der Waals surface area contributed by atoms with Gasteiger partial charge in [0.05, 0.1) is 11.1 Å². The molecule has 0 fully saturated rings. The van der Waals surface area contributed by atoms with E-state index >= 15 is 0 Å². The van der Waals surface area contributed by atoms with Crippen molar-refractivity contribution in [2.24, 2.45) is 0 Å². The summed E-state index contributed by atoms with van der Waals surface area (Å²) in [4.78, 5) is 22.1. The largest absolute Gasteiger partial charge is 0.307 e. The van der Waals surface area contributed by atoms with Crippen LogP contribution in [0.2, 0.25) is 0 Å². The number of amides is 1. The minimum absolute atomic E-state index is 0.0135. The first kappa shape index (κ1) is 15.4. The van der Waals surface area contributed by atoms with Crippen LogP contribution in [0.5, 0.6) is 0 Å². The Morgan fingerprint density at radius 3 is 2.86 bits per heavy atom. The minimum Gasteiger partial charge on any atom is -0.307 e. The van der Waals surface area contributed by atoms with Crippen LogP contribution in [0, 0.1) is 10.1 Å². The Bertz CT molecular complexity index is 719. The lowest BCUT2D eigenvalue weighted by Crippen LogP contribution is -2.14. The summed E-state index contributed by atoms with van der Waals surface area (Å²) < 4.78 is 1.69. The van der Waals surface area contributed by atoms with Crippen molar-refractivity contribution in [1.82, 2.24) is 9.78 Å². The van der Waals surface area contributed by atoms with E-state index in [1.165, 1.54) is 24.3 Å². The number of nitrogens with zero attached hydrogens (tertiary/aromatic N) is 3. The van der Waals surface area contributed by atoms with Gasteiger partial charge in [-0.25, -0.2) is 4.68 Å². The molecule has 0 unspecified atom stereocenters. The summed E-state index contributed by atoms with van der Waals surface area (Å²) in [5.41, 5.74) is 0.571. The Hall–Kier alpha value is -2.96. The number of hydrogen-bond acceptors (Lipinski definition) is 4. The van der Waals surface area contributed by atoms with E-state index in [0.717, 1.165) is 0 Å². The van der Waals surface area contributed by atoms with Crippen molar-refractivity contribution in [1.29, 1.82) is 0 Å². The second-order valence-corrected chi connectivity index (χ2v) is 4.93. The van der Waals surface area contributed by atoms with Crippen LogP contribution < -0.4 is 5.32 Å². The van der Waals surface area contributed by atoms with E-state index in [4.69, 9.17) is 0 Å². The van der Waals surface area contributed by atoms with Gasteiger partial charge >= 0.3 is 0 Å². The van der Waals surface area contributed by atoms with Crippen LogP contribution in [0.1, 0.15) is 25.5 Å². The topological polar surface area (TPSA) is 90.1 Å². The van der Waals surface area contributed by atoms with Crippen molar-refractivity contribution < 1.29 is 9.72 Å². The first-order chi connectivity index (χ1) is 10.5. The first-order valence-electron chi connectivity index (χ1n) is 6.74. The lowest BCUT2D eigenvalue weighted by atomic mass is 10.2. The highest BCUT2D eigenvalue weighted by atomic mass is 16.6. The number of anilines is 1. The number of carbonyl (C=O) groups excluding carboxylic acids is 1. The van der Waals surface area contributed by atoms with Gasteiger partial charge in [0.25, 0.3) is 5.69 Å². The average Bonchev–Trinajstić information content (AvgIpc) is 2.93. The Kier molecular flexibility index (Phi) is 4.67. The lowest BCUT2D eigenvalue weighted by Gasteiger charge is -2.10. The van der Waals surface area contributed by atoms with Crippen molar-refractivity contribution in [3.63, 3.8) is 0 Å². The van der Waals surface area contributed by atoms with E-state index in [2.05, 4.69) is 10.4 Å². The molecule has 0 aliphatic rings. The van der Waals surface area contributed by atoms with E-state index in [-0.39, 0.29) is 17.6 Å². The highest BCUT2D eigenvalue weighted by Crippen LogP contribution is 2.15. The molecule has 2 aromatic rings. The van der Waals surface area contributed by atoms with Crippen molar-refractivity contribution >= 4 is 23.5 Å². The van der Waals surface area contributed by atoms with Crippen LogP contribution in [0.4, 0.5) is 11.5 Å². The molecule has 1 aromatic carbocycles. The molecule has 1 aromatic heterocycles. The van der Waals surface area contributed by atoms with E-state index in [9.17, 15) is 14.9 Å². The van der Waals surface area contributed by atoms with Crippen molar-refractivity contribution in [2.75, 3.05) is 5.32 Å². The predicted octanol–water partition coefficient (Wildman–Crippen LogP) is 3.02. The molecule has 2 rings (SSSR count). The second-order valence-electron chi connectivity index (χ2n) is 4.93. The van der Waals surface area contributed by atoms with Crippen molar-refractivity contribution in [3.8, 4) is 0 Å². The smallest absolute Gasteiger partial charge is 0.270 e. The molecule has 0 spiro atoms. The van der Waals surface area contributed by atoms with Crippen LogP contribution in [-0.4, -0.2) is 20.6 Å². The number of nitro benzene ring substituents is 1. The van der Waals surface area contributed by atoms with E-state index in [1.807, 2.05) is 13.8 Å². The summed E-state index contributed by atoms with van der Waals surface area (Å²) in [6, 6.07) is 7.91. The maximum Gasteiger partial charge on any atom is 0.270 e. The summed E-state index contributed by atoms with van der Waals surface area (Å²) in [7, 11) is 0. The van der Waals surface area contributed by atoms with Crippen LogP contribution in [0.15, 0.2) is 42.6 Å². The highest BCUT2D eigenvalue weighted by Gasteiger charge is 2.08. The molecule has 1 amide bonds. The van der Waals surface area contributed by atoms with Gasteiger partial charge in [0, 0.05) is 30.3 Å².